The average Bonchev–Trinajstić information content (AvgIpc) is 2.60. The van der Waals surface area contributed by atoms with Gasteiger partial charge in [-0.05, 0) is 28.7 Å². The third-order valence-electron chi connectivity index (χ3n) is 1.88. The molecule has 1 heterocycles. The monoisotopic (exact) mass is 354 g/mol. The number of nitrogens with two attached hydrogens (primary N) is 1. The molecular formula is C9H11IN2OS2. The molecule has 3 nitrogen and oxygen atoms in total. The average molecular weight is 354 g/mol. The number of thiophene rings is 1. The molecule has 1 unspecified atom stereocenters. The molecule has 1 amide bonds. The topological polar surface area (TPSA) is 55.1 Å². The number of hydrogen-bond acceptors (Lipinski definition) is 3. The minimum atomic E-state index is -0.0720. The summed E-state index contributed by atoms with van der Waals surface area (Å²) < 4.78 is 1.10. The van der Waals surface area contributed by atoms with E-state index in [0.717, 1.165) is 2.88 Å². The minimum Gasteiger partial charge on any atom is -0.393 e. The van der Waals surface area contributed by atoms with Gasteiger partial charge in [0.2, 0.25) is 0 Å². The van der Waals surface area contributed by atoms with Crippen molar-refractivity contribution in [2.45, 2.75) is 6.92 Å². The molecule has 0 fully saturated rings. The van der Waals surface area contributed by atoms with Crippen molar-refractivity contribution in [3.05, 3.63) is 19.9 Å². The molecular weight excluding hydrogens is 343 g/mol. The first-order valence-corrected chi connectivity index (χ1v) is 6.69. The Morgan fingerprint density at radius 2 is 2.47 bits per heavy atom. The Morgan fingerprint density at radius 1 is 1.80 bits per heavy atom. The lowest BCUT2D eigenvalue weighted by Gasteiger charge is -2.09. The van der Waals surface area contributed by atoms with Crippen LogP contribution in [-0.4, -0.2) is 17.4 Å². The van der Waals surface area contributed by atoms with Crippen LogP contribution in [0.25, 0.3) is 0 Å². The molecule has 0 aliphatic carbocycles. The Morgan fingerprint density at radius 3 is 2.93 bits per heavy atom. The van der Waals surface area contributed by atoms with Crippen molar-refractivity contribution in [2.75, 3.05) is 6.54 Å². The Kier molecular flexibility index (Phi) is 4.94. The zero-order valence-electron chi connectivity index (χ0n) is 8.12. The molecule has 0 aliphatic heterocycles. The number of halogens is 1. The molecule has 1 aromatic rings. The van der Waals surface area contributed by atoms with Crippen LogP contribution < -0.4 is 11.1 Å². The highest BCUT2D eigenvalue weighted by atomic mass is 127. The van der Waals surface area contributed by atoms with Gasteiger partial charge in [-0.15, -0.1) is 11.3 Å². The predicted octanol–water partition coefficient (Wildman–Crippen LogP) is 2.00. The van der Waals surface area contributed by atoms with Crippen LogP contribution in [0.2, 0.25) is 0 Å². The van der Waals surface area contributed by atoms with Crippen LogP contribution in [0.15, 0.2) is 11.4 Å². The summed E-state index contributed by atoms with van der Waals surface area (Å²) in [5, 5.41) is 4.63. The summed E-state index contributed by atoms with van der Waals surface area (Å²) in [5.74, 6) is -0.0427. The standard InChI is InChI=1S/C9H11IN2OS2/c1-5(8(11)14)3-12-9(13)6-2-7(10)15-4-6/h2,4-5H,3H2,1H3,(H2,11,14)(H,12,13). The lowest BCUT2D eigenvalue weighted by molar-refractivity contribution is 0.0952. The molecule has 0 saturated heterocycles. The summed E-state index contributed by atoms with van der Waals surface area (Å²) >= 11 is 8.55. The molecule has 0 aliphatic rings. The number of carbonyl (C=O) groups is 1. The van der Waals surface area contributed by atoms with Crippen molar-refractivity contribution in [1.29, 1.82) is 0 Å². The van der Waals surface area contributed by atoms with Crippen molar-refractivity contribution in [1.82, 2.24) is 5.32 Å². The maximum atomic E-state index is 11.6. The molecule has 6 heteroatoms. The van der Waals surface area contributed by atoms with Crippen LogP contribution in [0.5, 0.6) is 0 Å². The van der Waals surface area contributed by atoms with Gasteiger partial charge in [0.15, 0.2) is 0 Å². The van der Waals surface area contributed by atoms with Crippen LogP contribution in [-0.2, 0) is 0 Å². The Labute approximate surface area is 112 Å². The number of hydrogen-bond donors (Lipinski definition) is 2. The van der Waals surface area contributed by atoms with E-state index < -0.39 is 0 Å². The van der Waals surface area contributed by atoms with Gasteiger partial charge in [-0.25, -0.2) is 0 Å². The van der Waals surface area contributed by atoms with E-state index >= 15 is 0 Å². The first kappa shape index (κ1) is 12.9. The maximum Gasteiger partial charge on any atom is 0.252 e. The molecule has 15 heavy (non-hydrogen) atoms. The van der Waals surface area contributed by atoms with Crippen molar-refractivity contribution in [2.24, 2.45) is 11.7 Å². The first-order valence-electron chi connectivity index (χ1n) is 4.32. The van der Waals surface area contributed by atoms with Gasteiger partial charge in [0, 0.05) is 17.8 Å². The number of carbonyl (C=O) groups excluding carboxylic acids is 1. The third-order valence-corrected chi connectivity index (χ3v) is 4.08. The molecule has 0 bridgehead atoms. The Bertz CT molecular complexity index is 378. The predicted molar refractivity (Wildman–Crippen MR) is 75.3 cm³/mol. The molecule has 0 spiro atoms. The highest BCUT2D eigenvalue weighted by Gasteiger charge is 2.10. The number of rotatable bonds is 4. The summed E-state index contributed by atoms with van der Waals surface area (Å²) in [5.41, 5.74) is 6.14. The molecule has 1 aromatic heterocycles. The largest absolute Gasteiger partial charge is 0.393 e. The summed E-state index contributed by atoms with van der Waals surface area (Å²) in [7, 11) is 0. The van der Waals surface area contributed by atoms with E-state index in [-0.39, 0.29) is 11.8 Å². The Balaban J connectivity index is 2.47. The highest BCUT2D eigenvalue weighted by Crippen LogP contribution is 2.16. The van der Waals surface area contributed by atoms with Gasteiger partial charge in [0.25, 0.3) is 5.91 Å². The van der Waals surface area contributed by atoms with E-state index in [1.807, 2.05) is 18.4 Å². The number of nitrogens with one attached hydrogen (secondary N) is 1. The molecule has 82 valence electrons. The van der Waals surface area contributed by atoms with E-state index in [2.05, 4.69) is 27.9 Å². The van der Waals surface area contributed by atoms with Crippen molar-refractivity contribution in [3.63, 3.8) is 0 Å². The second-order valence-electron chi connectivity index (χ2n) is 3.15. The van der Waals surface area contributed by atoms with Gasteiger partial charge in [-0.1, -0.05) is 19.1 Å². The first-order chi connectivity index (χ1) is 7.00. The second kappa shape index (κ2) is 5.76. The quantitative estimate of drug-likeness (QED) is 0.643. The van der Waals surface area contributed by atoms with E-state index in [1.165, 1.54) is 0 Å². The van der Waals surface area contributed by atoms with Gasteiger partial charge in [0.1, 0.15) is 0 Å². The Hall–Kier alpha value is -0.210. The van der Waals surface area contributed by atoms with Gasteiger partial charge < -0.3 is 11.1 Å². The van der Waals surface area contributed by atoms with E-state index in [4.69, 9.17) is 18.0 Å². The maximum absolute atomic E-state index is 11.6. The van der Waals surface area contributed by atoms with Crippen molar-refractivity contribution in [3.8, 4) is 0 Å². The molecule has 0 aromatic carbocycles. The van der Waals surface area contributed by atoms with Crippen LogP contribution in [0.1, 0.15) is 17.3 Å². The number of amides is 1. The summed E-state index contributed by atoms with van der Waals surface area (Å²) in [6, 6.07) is 1.85. The minimum absolute atomic E-state index is 0.0293. The fourth-order valence-electron chi connectivity index (χ4n) is 0.878. The van der Waals surface area contributed by atoms with Crippen LogP contribution >= 0.6 is 46.1 Å². The van der Waals surface area contributed by atoms with Crippen LogP contribution in [0.3, 0.4) is 0 Å². The van der Waals surface area contributed by atoms with Gasteiger partial charge in [-0.3, -0.25) is 4.79 Å². The lowest BCUT2D eigenvalue weighted by atomic mass is 10.2. The van der Waals surface area contributed by atoms with Crippen molar-refractivity contribution >= 4 is 57.0 Å². The number of thiocarbonyl (C=S) groups is 1. The highest BCUT2D eigenvalue weighted by molar-refractivity contribution is 14.1. The second-order valence-corrected chi connectivity index (χ2v) is 6.43. The third kappa shape index (κ3) is 4.04. The molecule has 1 rings (SSSR count). The zero-order valence-corrected chi connectivity index (χ0v) is 11.9. The molecule has 0 saturated carbocycles. The summed E-state index contributed by atoms with van der Waals surface area (Å²) in [6.07, 6.45) is 0. The van der Waals surface area contributed by atoms with Gasteiger partial charge >= 0.3 is 0 Å². The fraction of sp³-hybridized carbons (Fsp3) is 0.333. The summed E-state index contributed by atoms with van der Waals surface area (Å²) in [6.45, 7) is 2.38. The van der Waals surface area contributed by atoms with Crippen LogP contribution in [0, 0.1) is 8.80 Å². The van der Waals surface area contributed by atoms with E-state index in [1.54, 1.807) is 11.3 Å². The van der Waals surface area contributed by atoms with Gasteiger partial charge in [-0.2, -0.15) is 0 Å². The molecule has 1 atom stereocenters. The van der Waals surface area contributed by atoms with E-state index in [9.17, 15) is 4.79 Å². The lowest BCUT2D eigenvalue weighted by Crippen LogP contribution is -2.33. The SMILES string of the molecule is CC(CNC(=O)c1csc(I)c1)C(N)=S. The smallest absolute Gasteiger partial charge is 0.252 e. The van der Waals surface area contributed by atoms with Crippen molar-refractivity contribution < 1.29 is 4.79 Å². The molecule has 3 N–H and O–H groups in total. The molecule has 0 radical (unpaired) electrons. The fourth-order valence-corrected chi connectivity index (χ4v) is 2.29. The van der Waals surface area contributed by atoms with Crippen LogP contribution in [0.4, 0.5) is 0 Å². The van der Waals surface area contributed by atoms with E-state index in [0.29, 0.717) is 17.1 Å². The summed E-state index contributed by atoms with van der Waals surface area (Å²) in [4.78, 5) is 12.0. The normalized spacial score (nSPS) is 12.1. The van der Waals surface area contributed by atoms with Gasteiger partial charge in [0.05, 0.1) is 13.4 Å². The zero-order chi connectivity index (χ0) is 11.4.